The summed E-state index contributed by atoms with van der Waals surface area (Å²) in [5.41, 5.74) is 3.68. The van der Waals surface area contributed by atoms with Crippen LogP contribution >= 0.6 is 0 Å². The molecule has 0 unspecified atom stereocenters. The Morgan fingerprint density at radius 1 is 1.03 bits per heavy atom. The predicted octanol–water partition coefficient (Wildman–Crippen LogP) is 6.37. The van der Waals surface area contributed by atoms with Crippen molar-refractivity contribution < 1.29 is 4.74 Å². The number of benzene rings is 2. The number of aryl methyl sites for hydroxylation is 2. The van der Waals surface area contributed by atoms with Gasteiger partial charge in [0.25, 0.3) is 0 Å². The van der Waals surface area contributed by atoms with Gasteiger partial charge in [0.15, 0.2) is 0 Å². The standard InChI is InChI=1S/C25H32N4O.C2H6/c1-6-29(7-2)14-8-13-26-25-22-21-11-9-18-15-19(30-5)10-12-20(18)24(21)28(4)23(22)17(3)16-27-25;1-2/h9-12,15-16H,6-8,13-14H2,1-5H3,(H,26,27);1-2H3. The van der Waals surface area contributed by atoms with E-state index in [1.807, 2.05) is 26.1 Å². The number of pyridine rings is 1. The first-order valence-corrected chi connectivity index (χ1v) is 11.9. The molecular weight excluding hydrogens is 396 g/mol. The van der Waals surface area contributed by atoms with E-state index in [9.17, 15) is 0 Å². The van der Waals surface area contributed by atoms with E-state index in [-0.39, 0.29) is 0 Å². The minimum absolute atomic E-state index is 0.883. The van der Waals surface area contributed by atoms with Gasteiger partial charge in [0.1, 0.15) is 11.6 Å². The van der Waals surface area contributed by atoms with Crippen molar-refractivity contribution in [2.75, 3.05) is 38.6 Å². The van der Waals surface area contributed by atoms with E-state index in [0.29, 0.717) is 0 Å². The number of ether oxygens (including phenoxy) is 1. The number of hydrogen-bond donors (Lipinski definition) is 1. The number of rotatable bonds is 8. The van der Waals surface area contributed by atoms with Gasteiger partial charge < -0.3 is 19.5 Å². The second-order valence-electron chi connectivity index (χ2n) is 7.93. The Morgan fingerprint density at radius 2 is 1.75 bits per heavy atom. The number of hydrogen-bond acceptors (Lipinski definition) is 4. The molecule has 0 saturated carbocycles. The molecular formula is C27H38N4O. The molecule has 0 atom stereocenters. The van der Waals surface area contributed by atoms with Crippen LogP contribution in [0.2, 0.25) is 0 Å². The first-order valence-electron chi connectivity index (χ1n) is 11.9. The second-order valence-corrected chi connectivity index (χ2v) is 7.93. The highest BCUT2D eigenvalue weighted by molar-refractivity contribution is 6.21. The Balaban J connectivity index is 0.00000141. The summed E-state index contributed by atoms with van der Waals surface area (Å²) in [5, 5.41) is 8.50. The zero-order valence-corrected chi connectivity index (χ0v) is 20.7. The number of aromatic nitrogens is 2. The number of nitrogens with one attached hydrogen (secondary N) is 1. The topological polar surface area (TPSA) is 42.3 Å². The van der Waals surface area contributed by atoms with Crippen molar-refractivity contribution in [2.45, 2.75) is 41.0 Å². The third kappa shape index (κ3) is 4.40. The van der Waals surface area contributed by atoms with Gasteiger partial charge in [-0.05, 0) is 62.1 Å². The molecule has 172 valence electrons. The van der Waals surface area contributed by atoms with Crippen molar-refractivity contribution in [1.82, 2.24) is 14.5 Å². The minimum atomic E-state index is 0.883. The summed E-state index contributed by atoms with van der Waals surface area (Å²) in [6.45, 7) is 14.8. The lowest BCUT2D eigenvalue weighted by atomic mass is 10.1. The van der Waals surface area contributed by atoms with E-state index in [1.165, 1.54) is 38.1 Å². The molecule has 0 spiro atoms. The van der Waals surface area contributed by atoms with Crippen molar-refractivity contribution >= 4 is 38.4 Å². The summed E-state index contributed by atoms with van der Waals surface area (Å²) in [6.07, 6.45) is 3.09. The lowest BCUT2D eigenvalue weighted by Gasteiger charge is -2.18. The fraction of sp³-hybridized carbons (Fsp3) is 0.444. The molecule has 0 aliphatic heterocycles. The number of methoxy groups -OCH3 is 1. The van der Waals surface area contributed by atoms with Gasteiger partial charge in [0, 0.05) is 30.6 Å². The first-order chi connectivity index (χ1) is 15.6. The van der Waals surface area contributed by atoms with Gasteiger partial charge in [-0.1, -0.05) is 39.8 Å². The highest BCUT2D eigenvalue weighted by Crippen LogP contribution is 2.38. The van der Waals surface area contributed by atoms with Crippen molar-refractivity contribution in [1.29, 1.82) is 0 Å². The third-order valence-corrected chi connectivity index (χ3v) is 6.21. The Kier molecular flexibility index (Phi) is 7.97. The van der Waals surface area contributed by atoms with E-state index in [2.05, 4.69) is 66.9 Å². The summed E-state index contributed by atoms with van der Waals surface area (Å²) in [5.74, 6) is 1.86. The molecule has 0 bridgehead atoms. The molecule has 2 aromatic heterocycles. The molecule has 2 aromatic carbocycles. The molecule has 4 aromatic rings. The normalized spacial score (nSPS) is 11.2. The SMILES string of the molecule is CC.CCN(CC)CCCNc1ncc(C)c2c1c1ccc3cc(OC)ccc3c1n2C. The Hall–Kier alpha value is -2.79. The van der Waals surface area contributed by atoms with Gasteiger partial charge in [-0.3, -0.25) is 0 Å². The van der Waals surface area contributed by atoms with Crippen molar-refractivity contribution in [3.63, 3.8) is 0 Å². The summed E-state index contributed by atoms with van der Waals surface area (Å²) in [7, 11) is 3.87. The van der Waals surface area contributed by atoms with E-state index < -0.39 is 0 Å². The fourth-order valence-corrected chi connectivity index (χ4v) is 4.56. The molecule has 1 N–H and O–H groups in total. The molecule has 0 aliphatic carbocycles. The molecule has 4 rings (SSSR count). The fourth-order valence-electron chi connectivity index (χ4n) is 4.56. The summed E-state index contributed by atoms with van der Waals surface area (Å²) in [6, 6.07) is 10.7. The quantitative estimate of drug-likeness (QED) is 0.327. The van der Waals surface area contributed by atoms with E-state index >= 15 is 0 Å². The molecule has 0 saturated heterocycles. The van der Waals surface area contributed by atoms with Crippen LogP contribution in [0.5, 0.6) is 5.75 Å². The molecule has 0 amide bonds. The zero-order chi connectivity index (χ0) is 23.3. The van der Waals surface area contributed by atoms with Crippen molar-refractivity contribution in [2.24, 2.45) is 7.05 Å². The van der Waals surface area contributed by atoms with Gasteiger partial charge in [-0.15, -0.1) is 0 Å². The van der Waals surface area contributed by atoms with Gasteiger partial charge in [-0.25, -0.2) is 4.98 Å². The highest BCUT2D eigenvalue weighted by atomic mass is 16.5. The van der Waals surface area contributed by atoms with Crippen molar-refractivity contribution in [3.8, 4) is 5.75 Å². The van der Waals surface area contributed by atoms with Crippen LogP contribution in [0.4, 0.5) is 5.82 Å². The van der Waals surface area contributed by atoms with Gasteiger partial charge in [0.05, 0.1) is 23.5 Å². The summed E-state index contributed by atoms with van der Waals surface area (Å²) < 4.78 is 7.74. The van der Waals surface area contributed by atoms with Crippen LogP contribution in [0.15, 0.2) is 36.5 Å². The maximum atomic E-state index is 5.42. The van der Waals surface area contributed by atoms with Gasteiger partial charge >= 0.3 is 0 Å². The minimum Gasteiger partial charge on any atom is -0.497 e. The number of nitrogens with zero attached hydrogens (tertiary/aromatic N) is 3. The van der Waals surface area contributed by atoms with Gasteiger partial charge in [-0.2, -0.15) is 0 Å². The Bertz CT molecular complexity index is 1190. The average Bonchev–Trinajstić information content (AvgIpc) is 3.15. The molecule has 5 heteroatoms. The average molecular weight is 435 g/mol. The number of anilines is 1. The molecule has 0 fully saturated rings. The van der Waals surface area contributed by atoms with Crippen molar-refractivity contribution in [3.05, 3.63) is 42.1 Å². The number of fused-ring (bicyclic) bond motifs is 5. The van der Waals surface area contributed by atoms with Crippen LogP contribution in [0.25, 0.3) is 32.6 Å². The summed E-state index contributed by atoms with van der Waals surface area (Å²) in [4.78, 5) is 7.23. The molecule has 5 nitrogen and oxygen atoms in total. The monoisotopic (exact) mass is 434 g/mol. The van der Waals surface area contributed by atoms with Crippen LogP contribution in [0.1, 0.15) is 39.7 Å². The highest BCUT2D eigenvalue weighted by Gasteiger charge is 2.17. The van der Waals surface area contributed by atoms with Crippen LogP contribution in [-0.4, -0.2) is 47.7 Å². The first kappa shape index (κ1) is 23.9. The summed E-state index contributed by atoms with van der Waals surface area (Å²) >= 11 is 0. The second kappa shape index (κ2) is 10.7. The largest absolute Gasteiger partial charge is 0.497 e. The van der Waals surface area contributed by atoms with Crippen LogP contribution in [0.3, 0.4) is 0 Å². The van der Waals surface area contributed by atoms with Crippen LogP contribution in [-0.2, 0) is 7.05 Å². The lowest BCUT2D eigenvalue weighted by molar-refractivity contribution is 0.303. The molecule has 0 aliphatic rings. The molecule has 32 heavy (non-hydrogen) atoms. The smallest absolute Gasteiger partial charge is 0.136 e. The molecule has 2 heterocycles. The maximum Gasteiger partial charge on any atom is 0.136 e. The Labute approximate surface area is 192 Å². The van der Waals surface area contributed by atoms with E-state index in [1.54, 1.807) is 7.11 Å². The lowest BCUT2D eigenvalue weighted by Crippen LogP contribution is -2.25. The van der Waals surface area contributed by atoms with Crippen LogP contribution < -0.4 is 10.1 Å². The third-order valence-electron chi connectivity index (χ3n) is 6.21. The zero-order valence-electron chi connectivity index (χ0n) is 20.7. The van der Waals surface area contributed by atoms with E-state index in [4.69, 9.17) is 9.72 Å². The maximum absolute atomic E-state index is 5.42. The van der Waals surface area contributed by atoms with Gasteiger partial charge in [0.2, 0.25) is 0 Å². The predicted molar refractivity (Wildman–Crippen MR) is 139 cm³/mol. The van der Waals surface area contributed by atoms with Crippen LogP contribution in [0, 0.1) is 6.92 Å². The Morgan fingerprint density at radius 3 is 2.44 bits per heavy atom. The molecule has 0 radical (unpaired) electrons. The van der Waals surface area contributed by atoms with E-state index in [0.717, 1.165) is 44.2 Å².